The van der Waals surface area contributed by atoms with Gasteiger partial charge in [0.15, 0.2) is 0 Å². The molecule has 20 heavy (non-hydrogen) atoms. The van der Waals surface area contributed by atoms with Crippen molar-refractivity contribution >= 4 is 23.2 Å². The molecule has 0 aliphatic carbocycles. The zero-order valence-electron chi connectivity index (χ0n) is 11.5. The lowest BCUT2D eigenvalue weighted by Crippen LogP contribution is -2.17. The Kier molecular flexibility index (Phi) is 5.08. The lowest BCUT2D eigenvalue weighted by Gasteiger charge is -2.10. The molecule has 0 spiro atoms. The fourth-order valence-electron chi connectivity index (χ4n) is 1.52. The minimum Gasteiger partial charge on any atom is -0.461 e. The van der Waals surface area contributed by atoms with Crippen LogP contribution >= 0.6 is 11.3 Å². The molecular weight excluding hydrogens is 276 g/mol. The summed E-state index contributed by atoms with van der Waals surface area (Å²) < 4.78 is 5.45. The first-order chi connectivity index (χ1) is 9.67. The second kappa shape index (κ2) is 7.01. The molecule has 0 saturated carbocycles. The minimum atomic E-state index is -0.0123. The van der Waals surface area contributed by atoms with Gasteiger partial charge in [0.2, 0.25) is 11.9 Å². The lowest BCUT2D eigenvalue weighted by atomic mass is 10.2. The molecule has 2 heterocycles. The third kappa shape index (κ3) is 4.32. The van der Waals surface area contributed by atoms with Crippen LogP contribution < -0.4 is 21.3 Å². The van der Waals surface area contributed by atoms with Gasteiger partial charge in [-0.25, -0.2) is 5.84 Å². The summed E-state index contributed by atoms with van der Waals surface area (Å²) in [5.74, 6) is 6.05. The summed E-state index contributed by atoms with van der Waals surface area (Å²) in [7, 11) is 0. The van der Waals surface area contributed by atoms with Crippen molar-refractivity contribution in [2.24, 2.45) is 5.84 Å². The normalized spacial score (nSPS) is 10.6. The molecule has 2 aromatic heterocycles. The SMILES string of the molecule is CC(C)Oc1nc(NN)nc(NCCc2ccsc2)n1. The number of ether oxygens (including phenoxy) is 1. The van der Waals surface area contributed by atoms with Gasteiger partial charge in [0.1, 0.15) is 0 Å². The van der Waals surface area contributed by atoms with Gasteiger partial charge in [-0.1, -0.05) is 0 Å². The van der Waals surface area contributed by atoms with E-state index in [2.05, 4.69) is 42.5 Å². The number of nitrogens with zero attached hydrogens (tertiary/aromatic N) is 3. The van der Waals surface area contributed by atoms with Gasteiger partial charge in [-0.3, -0.25) is 5.43 Å². The third-order valence-corrected chi connectivity index (χ3v) is 3.09. The molecule has 4 N–H and O–H groups in total. The summed E-state index contributed by atoms with van der Waals surface area (Å²) in [4.78, 5) is 12.4. The lowest BCUT2D eigenvalue weighted by molar-refractivity contribution is 0.222. The van der Waals surface area contributed by atoms with Gasteiger partial charge < -0.3 is 10.1 Å². The Balaban J connectivity index is 1.98. The standard InChI is InChI=1S/C12H18N6OS/c1-8(2)19-12-16-10(15-11(17-12)18-13)14-5-3-9-4-6-20-7-9/h4,6-8H,3,5,13H2,1-2H3,(H2,14,15,16,17,18). The number of rotatable bonds is 7. The second-order valence-electron chi connectivity index (χ2n) is 4.38. The van der Waals surface area contributed by atoms with Crippen molar-refractivity contribution in [3.63, 3.8) is 0 Å². The fraction of sp³-hybridized carbons (Fsp3) is 0.417. The maximum absolute atomic E-state index is 5.45. The molecule has 2 aromatic rings. The van der Waals surface area contributed by atoms with Gasteiger partial charge in [0.25, 0.3) is 0 Å². The highest BCUT2D eigenvalue weighted by Crippen LogP contribution is 2.12. The van der Waals surface area contributed by atoms with E-state index in [4.69, 9.17) is 10.6 Å². The zero-order chi connectivity index (χ0) is 14.4. The van der Waals surface area contributed by atoms with Crippen molar-refractivity contribution in [2.75, 3.05) is 17.3 Å². The van der Waals surface area contributed by atoms with E-state index in [9.17, 15) is 0 Å². The predicted octanol–water partition coefficient (Wildman–Crippen LogP) is 1.66. The molecule has 0 aliphatic rings. The van der Waals surface area contributed by atoms with Crippen LogP contribution in [0.15, 0.2) is 16.8 Å². The summed E-state index contributed by atoms with van der Waals surface area (Å²) >= 11 is 1.69. The number of aromatic nitrogens is 3. The summed E-state index contributed by atoms with van der Waals surface area (Å²) in [6.45, 7) is 4.54. The van der Waals surface area contributed by atoms with Crippen molar-refractivity contribution in [1.29, 1.82) is 0 Å². The van der Waals surface area contributed by atoms with Crippen molar-refractivity contribution in [2.45, 2.75) is 26.4 Å². The molecule has 7 nitrogen and oxygen atoms in total. The molecule has 108 valence electrons. The number of nitrogen functional groups attached to an aromatic ring is 1. The van der Waals surface area contributed by atoms with Crippen LogP contribution in [0.4, 0.5) is 11.9 Å². The highest BCUT2D eigenvalue weighted by molar-refractivity contribution is 7.07. The Labute approximate surface area is 121 Å². The van der Waals surface area contributed by atoms with Crippen LogP contribution in [0.25, 0.3) is 0 Å². The van der Waals surface area contributed by atoms with Gasteiger partial charge in [-0.2, -0.15) is 26.3 Å². The van der Waals surface area contributed by atoms with Crippen molar-refractivity contribution < 1.29 is 4.74 Å². The molecule has 0 fully saturated rings. The molecular formula is C12H18N6OS. The van der Waals surface area contributed by atoms with E-state index in [0.717, 1.165) is 13.0 Å². The summed E-state index contributed by atoms with van der Waals surface area (Å²) in [6.07, 6.45) is 0.891. The molecule has 0 bridgehead atoms. The molecule has 8 heteroatoms. The van der Waals surface area contributed by atoms with E-state index in [1.807, 2.05) is 13.8 Å². The van der Waals surface area contributed by atoms with E-state index in [-0.39, 0.29) is 18.1 Å². The number of hydrazine groups is 1. The maximum Gasteiger partial charge on any atom is 0.323 e. The highest BCUT2D eigenvalue weighted by atomic mass is 32.1. The Bertz CT molecular complexity index is 531. The Morgan fingerprint density at radius 2 is 2.10 bits per heavy atom. The van der Waals surface area contributed by atoms with Crippen LogP contribution in [0.1, 0.15) is 19.4 Å². The van der Waals surface area contributed by atoms with Crippen LogP contribution in [-0.4, -0.2) is 27.6 Å². The third-order valence-electron chi connectivity index (χ3n) is 2.36. The van der Waals surface area contributed by atoms with Gasteiger partial charge in [0, 0.05) is 6.54 Å². The van der Waals surface area contributed by atoms with E-state index < -0.39 is 0 Å². The van der Waals surface area contributed by atoms with E-state index in [0.29, 0.717) is 5.95 Å². The van der Waals surface area contributed by atoms with Crippen LogP contribution in [0.2, 0.25) is 0 Å². The Morgan fingerprint density at radius 3 is 2.75 bits per heavy atom. The summed E-state index contributed by atoms with van der Waals surface area (Å²) in [5.41, 5.74) is 3.69. The number of nitrogens with two attached hydrogens (primary N) is 1. The second-order valence-corrected chi connectivity index (χ2v) is 5.16. The maximum atomic E-state index is 5.45. The van der Waals surface area contributed by atoms with E-state index in [1.54, 1.807) is 11.3 Å². The molecule has 0 aromatic carbocycles. The largest absolute Gasteiger partial charge is 0.461 e. The van der Waals surface area contributed by atoms with E-state index in [1.165, 1.54) is 5.56 Å². The fourth-order valence-corrected chi connectivity index (χ4v) is 2.22. The summed E-state index contributed by atoms with van der Waals surface area (Å²) in [6, 6.07) is 2.35. The first kappa shape index (κ1) is 14.5. The molecule has 0 radical (unpaired) electrons. The van der Waals surface area contributed by atoms with Crippen LogP contribution in [0.5, 0.6) is 6.01 Å². The first-order valence-electron chi connectivity index (χ1n) is 6.31. The average Bonchev–Trinajstić information content (AvgIpc) is 2.91. The quantitative estimate of drug-likeness (QED) is 0.527. The number of hydrogen-bond acceptors (Lipinski definition) is 8. The zero-order valence-corrected chi connectivity index (χ0v) is 12.3. The van der Waals surface area contributed by atoms with Gasteiger partial charge in [-0.15, -0.1) is 0 Å². The molecule has 0 amide bonds. The van der Waals surface area contributed by atoms with E-state index >= 15 is 0 Å². The van der Waals surface area contributed by atoms with Crippen molar-refractivity contribution in [1.82, 2.24) is 15.0 Å². The molecule has 0 saturated heterocycles. The van der Waals surface area contributed by atoms with Gasteiger partial charge >= 0.3 is 6.01 Å². The number of thiophene rings is 1. The topological polar surface area (TPSA) is 98.0 Å². The molecule has 0 atom stereocenters. The number of hydrogen-bond donors (Lipinski definition) is 3. The predicted molar refractivity (Wildman–Crippen MR) is 79.9 cm³/mol. The van der Waals surface area contributed by atoms with Crippen LogP contribution in [-0.2, 0) is 6.42 Å². The molecule has 0 unspecified atom stereocenters. The van der Waals surface area contributed by atoms with Crippen molar-refractivity contribution in [3.8, 4) is 6.01 Å². The summed E-state index contributed by atoms with van der Waals surface area (Å²) in [5, 5.41) is 7.32. The Hall–Kier alpha value is -1.93. The average molecular weight is 294 g/mol. The molecule has 2 rings (SSSR count). The molecule has 0 aliphatic heterocycles. The smallest absolute Gasteiger partial charge is 0.323 e. The minimum absolute atomic E-state index is 0.0123. The van der Waals surface area contributed by atoms with Crippen molar-refractivity contribution in [3.05, 3.63) is 22.4 Å². The Morgan fingerprint density at radius 1 is 1.30 bits per heavy atom. The van der Waals surface area contributed by atoms with Gasteiger partial charge in [0.05, 0.1) is 6.10 Å². The van der Waals surface area contributed by atoms with Crippen LogP contribution in [0.3, 0.4) is 0 Å². The number of nitrogens with one attached hydrogen (secondary N) is 2. The van der Waals surface area contributed by atoms with Crippen LogP contribution in [0, 0.1) is 0 Å². The first-order valence-corrected chi connectivity index (χ1v) is 7.26. The van der Waals surface area contributed by atoms with Gasteiger partial charge in [-0.05, 0) is 42.7 Å². The number of anilines is 2. The highest BCUT2D eigenvalue weighted by Gasteiger charge is 2.08. The monoisotopic (exact) mass is 294 g/mol.